The van der Waals surface area contributed by atoms with Gasteiger partial charge in [-0.1, -0.05) is 22.9 Å². The molecule has 1 aliphatic rings. The van der Waals surface area contributed by atoms with Gasteiger partial charge in [-0.25, -0.2) is 18.2 Å². The Morgan fingerprint density at radius 3 is 2.61 bits per heavy atom. The molecule has 0 aromatic carbocycles. The van der Waals surface area contributed by atoms with E-state index in [1.165, 1.54) is 7.11 Å². The summed E-state index contributed by atoms with van der Waals surface area (Å²) in [5.41, 5.74) is 0.776. The molecular weight excluding hydrogens is 649 g/mol. The zero-order chi connectivity index (χ0) is 26.8. The number of anilines is 1. The van der Waals surface area contributed by atoms with Crippen LogP contribution in [-0.4, -0.2) is 92.2 Å². The molecule has 16 heteroatoms. The smallest absolute Gasteiger partial charge is 0.348 e. The Bertz CT molecular complexity index is 1280. The second kappa shape index (κ2) is 11.6. The lowest BCUT2D eigenvalue weighted by atomic mass is 10.0. The first-order valence-corrected chi connectivity index (χ1v) is 15.0. The number of hydrogen-bond acceptors (Lipinski definition) is 9. The number of halogens is 2. The fourth-order valence-electron chi connectivity index (χ4n) is 3.64. The first-order chi connectivity index (χ1) is 16.8. The van der Waals surface area contributed by atoms with Crippen LogP contribution in [0.25, 0.3) is 0 Å². The topological polar surface area (TPSA) is 171 Å². The van der Waals surface area contributed by atoms with Crippen LogP contribution in [0.1, 0.15) is 42.8 Å². The number of aryl methyl sites for hydroxylation is 1. The van der Waals surface area contributed by atoms with Crippen LogP contribution in [0.15, 0.2) is 0 Å². The fraction of sp³-hybridized carbons (Fsp3) is 0.500. The van der Waals surface area contributed by atoms with Gasteiger partial charge >= 0.3 is 5.97 Å². The predicted octanol–water partition coefficient (Wildman–Crippen LogP) is 1.53. The molecule has 0 radical (unpaired) electrons. The molecule has 2 atom stereocenters. The number of nitrogens with one attached hydrogen (secondary N) is 3. The molecule has 1 aliphatic heterocycles. The summed E-state index contributed by atoms with van der Waals surface area (Å²) < 4.78 is 28.9. The number of carbonyl (C=O) groups is 3. The molecule has 3 rings (SSSR count). The zero-order valence-electron chi connectivity index (χ0n) is 19.6. The van der Waals surface area contributed by atoms with Gasteiger partial charge in [-0.15, -0.1) is 0 Å². The SMILES string of the molecule is CO[C@H]1CN(c2nc(C(=O)NCCS(C)(=O)=O)c(C(=O)O)s2)CCC1NC(=O)c1[nH]c(C)c(I)c1Cl. The second-order valence-corrected chi connectivity index (χ2v) is 12.9. The Labute approximate surface area is 230 Å². The number of thiazole rings is 1. The van der Waals surface area contributed by atoms with Gasteiger partial charge < -0.3 is 30.4 Å². The van der Waals surface area contributed by atoms with Gasteiger partial charge in [0.05, 0.1) is 26.5 Å². The lowest BCUT2D eigenvalue weighted by Gasteiger charge is -2.37. The summed E-state index contributed by atoms with van der Waals surface area (Å²) >= 11 is 9.17. The van der Waals surface area contributed by atoms with E-state index in [0.29, 0.717) is 23.1 Å². The third-order valence-corrected chi connectivity index (χ3v) is 9.61. The van der Waals surface area contributed by atoms with Crippen LogP contribution in [-0.2, 0) is 14.6 Å². The van der Waals surface area contributed by atoms with Gasteiger partial charge in [-0.2, -0.15) is 0 Å². The summed E-state index contributed by atoms with van der Waals surface area (Å²) in [6, 6.07) is -0.339. The van der Waals surface area contributed by atoms with Gasteiger partial charge in [0.2, 0.25) is 0 Å². The molecular formula is C20H25ClIN5O7S2. The van der Waals surface area contributed by atoms with Gasteiger partial charge in [-0.3, -0.25) is 9.59 Å². The molecule has 3 heterocycles. The highest BCUT2D eigenvalue weighted by molar-refractivity contribution is 14.1. The van der Waals surface area contributed by atoms with Crippen LogP contribution in [0, 0.1) is 10.5 Å². The maximum Gasteiger partial charge on any atom is 0.348 e. The number of methoxy groups -OCH3 is 1. The van der Waals surface area contributed by atoms with Crippen LogP contribution in [0.4, 0.5) is 5.13 Å². The van der Waals surface area contributed by atoms with Crippen molar-refractivity contribution < 1.29 is 32.6 Å². The van der Waals surface area contributed by atoms with Gasteiger partial charge in [0.25, 0.3) is 11.8 Å². The van der Waals surface area contributed by atoms with Crippen molar-refractivity contribution in [2.75, 3.05) is 43.7 Å². The van der Waals surface area contributed by atoms with E-state index in [1.54, 1.807) is 4.90 Å². The number of nitrogens with zero attached hydrogens (tertiary/aromatic N) is 2. The number of aromatic carboxylic acids is 1. The number of aromatic nitrogens is 2. The second-order valence-electron chi connectivity index (χ2n) is 8.21. The minimum absolute atomic E-state index is 0.163. The number of piperidine rings is 1. The van der Waals surface area contributed by atoms with Crippen LogP contribution in [0.5, 0.6) is 0 Å². The van der Waals surface area contributed by atoms with Crippen LogP contribution in [0.3, 0.4) is 0 Å². The number of H-pyrrole nitrogens is 1. The minimum Gasteiger partial charge on any atom is -0.477 e. The van der Waals surface area contributed by atoms with E-state index in [4.69, 9.17) is 16.3 Å². The van der Waals surface area contributed by atoms with E-state index in [1.807, 2.05) is 6.92 Å². The lowest BCUT2D eigenvalue weighted by molar-refractivity contribution is 0.0540. The van der Waals surface area contributed by atoms with Gasteiger partial charge in [-0.05, 0) is 35.9 Å². The molecule has 12 nitrogen and oxygen atoms in total. The van der Waals surface area contributed by atoms with E-state index in [9.17, 15) is 27.9 Å². The number of rotatable bonds is 9. The standard InChI is InChI=1S/C20H25ClIN5O7S2/c1-9-13(22)12(21)14(24-9)18(29)25-10-4-6-27(8-11(10)34-2)20-26-15(16(35-20)19(30)31)17(28)23-5-7-36(3,32)33/h10-11,24H,4-8H2,1-3H3,(H,23,28)(H,25,29)(H,30,31)/t10?,11-/m0/s1. The molecule has 0 saturated carbocycles. The zero-order valence-corrected chi connectivity index (χ0v) is 24.1. The highest BCUT2D eigenvalue weighted by atomic mass is 127. The number of carbonyl (C=O) groups excluding carboxylic acids is 2. The molecule has 36 heavy (non-hydrogen) atoms. The minimum atomic E-state index is -3.30. The summed E-state index contributed by atoms with van der Waals surface area (Å²) in [6.45, 7) is 2.37. The highest BCUT2D eigenvalue weighted by Crippen LogP contribution is 2.30. The normalized spacial score (nSPS) is 18.2. The van der Waals surface area contributed by atoms with E-state index in [2.05, 4.69) is 43.2 Å². The quantitative estimate of drug-likeness (QED) is 0.288. The summed E-state index contributed by atoms with van der Waals surface area (Å²) in [7, 11) is -1.79. The third-order valence-electron chi connectivity index (χ3n) is 5.51. The fourth-order valence-corrected chi connectivity index (χ4v) is 5.73. The molecule has 1 saturated heterocycles. The van der Waals surface area contributed by atoms with Crippen molar-refractivity contribution in [3.8, 4) is 0 Å². The highest BCUT2D eigenvalue weighted by Gasteiger charge is 2.34. The average Bonchev–Trinajstić information content (AvgIpc) is 3.36. The van der Waals surface area contributed by atoms with Gasteiger partial charge in [0, 0.05) is 38.7 Å². The summed E-state index contributed by atoms with van der Waals surface area (Å²) in [5.74, 6) is -2.72. The number of sulfone groups is 1. The van der Waals surface area contributed by atoms with E-state index >= 15 is 0 Å². The Hall–Kier alpha value is -1.95. The third kappa shape index (κ3) is 6.67. The molecule has 4 N–H and O–H groups in total. The van der Waals surface area contributed by atoms with Crippen molar-refractivity contribution in [2.24, 2.45) is 0 Å². The van der Waals surface area contributed by atoms with Crippen molar-refractivity contribution in [1.82, 2.24) is 20.6 Å². The van der Waals surface area contributed by atoms with E-state index in [0.717, 1.165) is 26.9 Å². The van der Waals surface area contributed by atoms with E-state index < -0.39 is 27.8 Å². The summed E-state index contributed by atoms with van der Waals surface area (Å²) in [6.07, 6.45) is 1.06. The predicted molar refractivity (Wildman–Crippen MR) is 143 cm³/mol. The monoisotopic (exact) mass is 673 g/mol. The van der Waals surface area contributed by atoms with Crippen molar-refractivity contribution >= 4 is 78.3 Å². The molecule has 1 unspecified atom stereocenters. The number of amides is 2. The Kier molecular flexibility index (Phi) is 9.24. The molecule has 198 valence electrons. The lowest BCUT2D eigenvalue weighted by Crippen LogP contribution is -2.55. The van der Waals surface area contributed by atoms with Crippen molar-refractivity contribution in [1.29, 1.82) is 0 Å². The Morgan fingerprint density at radius 2 is 2.06 bits per heavy atom. The number of carboxylic acid groups (broad SMARTS) is 1. The van der Waals surface area contributed by atoms with Crippen molar-refractivity contribution in [2.45, 2.75) is 25.5 Å². The van der Waals surface area contributed by atoms with Gasteiger partial charge in [0.15, 0.2) is 10.8 Å². The maximum atomic E-state index is 12.8. The van der Waals surface area contributed by atoms with Crippen molar-refractivity contribution in [3.05, 3.63) is 30.6 Å². The maximum absolute atomic E-state index is 12.8. The van der Waals surface area contributed by atoms with Crippen LogP contribution < -0.4 is 15.5 Å². The van der Waals surface area contributed by atoms with Crippen LogP contribution >= 0.6 is 45.5 Å². The van der Waals surface area contributed by atoms with Gasteiger partial charge in [0.1, 0.15) is 20.4 Å². The molecule has 2 amide bonds. The first kappa shape index (κ1) is 28.6. The molecule has 1 fully saturated rings. The van der Waals surface area contributed by atoms with Crippen LogP contribution in [0.2, 0.25) is 5.02 Å². The molecule has 0 aliphatic carbocycles. The molecule has 2 aromatic rings. The Morgan fingerprint density at radius 1 is 1.36 bits per heavy atom. The Balaban J connectivity index is 1.72. The van der Waals surface area contributed by atoms with Crippen molar-refractivity contribution in [3.63, 3.8) is 0 Å². The summed E-state index contributed by atoms with van der Waals surface area (Å²) in [4.78, 5) is 45.8. The average molecular weight is 674 g/mol. The number of aromatic amines is 1. The molecule has 0 spiro atoms. The number of carboxylic acids is 1. The first-order valence-electron chi connectivity index (χ1n) is 10.6. The largest absolute Gasteiger partial charge is 0.477 e. The number of ether oxygens (including phenoxy) is 1. The number of hydrogen-bond donors (Lipinski definition) is 4. The molecule has 0 bridgehead atoms. The molecule has 2 aromatic heterocycles. The van der Waals surface area contributed by atoms with E-state index in [-0.39, 0.29) is 47.1 Å². The summed E-state index contributed by atoms with van der Waals surface area (Å²) in [5, 5.41) is 15.6.